The van der Waals surface area contributed by atoms with Crippen molar-refractivity contribution in [3.8, 4) is 16.9 Å². The third-order valence-corrected chi connectivity index (χ3v) is 4.75. The molecule has 0 radical (unpaired) electrons. The SMILES string of the molecule is Cc1ccc(-c2ccc(Br)cc2)n1-c1ccccc1I. The first-order valence-electron chi connectivity index (χ1n) is 6.36. The molecule has 0 atom stereocenters. The molecule has 3 heteroatoms. The Kier molecular flexibility index (Phi) is 3.98. The van der Waals surface area contributed by atoms with Crippen molar-refractivity contribution in [1.82, 2.24) is 4.57 Å². The molecule has 1 nitrogen and oxygen atoms in total. The van der Waals surface area contributed by atoms with Crippen molar-refractivity contribution in [3.63, 3.8) is 0 Å². The predicted molar refractivity (Wildman–Crippen MR) is 96.4 cm³/mol. The van der Waals surface area contributed by atoms with E-state index in [9.17, 15) is 0 Å². The van der Waals surface area contributed by atoms with Crippen LogP contribution in [0.4, 0.5) is 0 Å². The molecule has 1 aromatic heterocycles. The van der Waals surface area contributed by atoms with E-state index in [4.69, 9.17) is 0 Å². The second kappa shape index (κ2) is 5.74. The summed E-state index contributed by atoms with van der Waals surface area (Å²) in [6, 6.07) is 21.3. The molecule has 0 spiro atoms. The van der Waals surface area contributed by atoms with Crippen molar-refractivity contribution in [2.24, 2.45) is 0 Å². The highest BCUT2D eigenvalue weighted by molar-refractivity contribution is 14.1. The summed E-state index contributed by atoms with van der Waals surface area (Å²) >= 11 is 5.88. The van der Waals surface area contributed by atoms with Gasteiger partial charge in [-0.3, -0.25) is 0 Å². The average molecular weight is 438 g/mol. The van der Waals surface area contributed by atoms with Crippen molar-refractivity contribution in [2.75, 3.05) is 0 Å². The Balaban J connectivity index is 2.20. The fourth-order valence-corrected chi connectivity index (χ4v) is 3.23. The topological polar surface area (TPSA) is 4.93 Å². The van der Waals surface area contributed by atoms with Crippen LogP contribution in [0.15, 0.2) is 65.1 Å². The standard InChI is InChI=1S/C17H13BrIN/c1-12-6-11-16(13-7-9-14(18)10-8-13)20(12)17-5-3-2-4-15(17)19/h2-11H,1H3. The van der Waals surface area contributed by atoms with Gasteiger partial charge in [0.25, 0.3) is 0 Å². The zero-order valence-electron chi connectivity index (χ0n) is 11.0. The number of nitrogens with zero attached hydrogens (tertiary/aromatic N) is 1. The van der Waals surface area contributed by atoms with Crippen molar-refractivity contribution in [2.45, 2.75) is 6.92 Å². The third-order valence-electron chi connectivity index (χ3n) is 3.31. The number of halogens is 2. The van der Waals surface area contributed by atoms with E-state index in [0.717, 1.165) is 4.47 Å². The van der Waals surface area contributed by atoms with Gasteiger partial charge >= 0.3 is 0 Å². The van der Waals surface area contributed by atoms with Gasteiger partial charge in [-0.1, -0.05) is 40.2 Å². The lowest BCUT2D eigenvalue weighted by atomic mass is 10.1. The minimum Gasteiger partial charge on any atom is -0.313 e. The quantitative estimate of drug-likeness (QED) is 0.445. The van der Waals surface area contributed by atoms with Gasteiger partial charge in [-0.25, -0.2) is 0 Å². The predicted octanol–water partition coefficient (Wildman–Crippen LogP) is 5.82. The smallest absolute Gasteiger partial charge is 0.0592 e. The Morgan fingerprint density at radius 2 is 1.60 bits per heavy atom. The molecule has 0 saturated heterocycles. The van der Waals surface area contributed by atoms with Crippen LogP contribution in [-0.4, -0.2) is 4.57 Å². The third kappa shape index (κ3) is 2.56. The molecule has 1 heterocycles. The molecule has 0 aliphatic rings. The van der Waals surface area contributed by atoms with E-state index < -0.39 is 0 Å². The van der Waals surface area contributed by atoms with Crippen LogP contribution in [0.2, 0.25) is 0 Å². The summed E-state index contributed by atoms with van der Waals surface area (Å²) in [5, 5.41) is 0. The normalized spacial score (nSPS) is 10.8. The molecular formula is C17H13BrIN. The van der Waals surface area contributed by atoms with Crippen molar-refractivity contribution in [3.05, 3.63) is 74.4 Å². The highest BCUT2D eigenvalue weighted by Gasteiger charge is 2.11. The van der Waals surface area contributed by atoms with Crippen LogP contribution in [0, 0.1) is 10.5 Å². The summed E-state index contributed by atoms with van der Waals surface area (Å²) in [6.07, 6.45) is 0. The van der Waals surface area contributed by atoms with E-state index in [-0.39, 0.29) is 0 Å². The number of benzene rings is 2. The van der Waals surface area contributed by atoms with Gasteiger partial charge in [-0.15, -0.1) is 0 Å². The Morgan fingerprint density at radius 1 is 0.900 bits per heavy atom. The average Bonchev–Trinajstić information content (AvgIpc) is 2.82. The summed E-state index contributed by atoms with van der Waals surface area (Å²) < 4.78 is 4.67. The molecule has 0 fully saturated rings. The first kappa shape index (κ1) is 13.9. The van der Waals surface area contributed by atoms with E-state index in [1.807, 2.05) is 0 Å². The molecule has 3 rings (SSSR count). The van der Waals surface area contributed by atoms with E-state index in [2.05, 4.69) is 111 Å². The highest BCUT2D eigenvalue weighted by atomic mass is 127. The van der Waals surface area contributed by atoms with Gasteiger partial charge in [-0.05, 0) is 71.5 Å². The maximum atomic E-state index is 3.49. The minimum atomic E-state index is 1.10. The molecule has 0 aliphatic carbocycles. The highest BCUT2D eigenvalue weighted by Crippen LogP contribution is 2.29. The van der Waals surface area contributed by atoms with E-state index >= 15 is 0 Å². The first-order valence-corrected chi connectivity index (χ1v) is 8.23. The monoisotopic (exact) mass is 437 g/mol. The fourth-order valence-electron chi connectivity index (χ4n) is 2.34. The van der Waals surface area contributed by atoms with E-state index in [1.165, 1.54) is 26.2 Å². The zero-order valence-corrected chi connectivity index (χ0v) is 14.7. The molecule has 3 aromatic rings. The second-order valence-corrected chi connectivity index (χ2v) is 6.73. The Hall–Kier alpha value is -1.07. The van der Waals surface area contributed by atoms with Gasteiger partial charge in [0, 0.05) is 13.7 Å². The van der Waals surface area contributed by atoms with E-state index in [1.54, 1.807) is 0 Å². The van der Waals surface area contributed by atoms with Gasteiger partial charge in [-0.2, -0.15) is 0 Å². The van der Waals surface area contributed by atoms with Gasteiger partial charge < -0.3 is 4.57 Å². The molecule has 0 saturated carbocycles. The number of hydrogen-bond donors (Lipinski definition) is 0. The number of aryl methyl sites for hydroxylation is 1. The van der Waals surface area contributed by atoms with Crippen molar-refractivity contribution >= 4 is 38.5 Å². The Labute approximate surface area is 140 Å². The lowest BCUT2D eigenvalue weighted by Crippen LogP contribution is -2.01. The first-order chi connectivity index (χ1) is 9.66. The molecule has 0 amide bonds. The number of para-hydroxylation sites is 1. The maximum Gasteiger partial charge on any atom is 0.0592 e. The van der Waals surface area contributed by atoms with Crippen LogP contribution in [0.25, 0.3) is 16.9 Å². The lowest BCUT2D eigenvalue weighted by Gasteiger charge is -2.14. The molecule has 2 aromatic carbocycles. The Bertz CT molecular complexity index is 744. The summed E-state index contributed by atoms with van der Waals surface area (Å²) in [5.74, 6) is 0. The molecule has 0 N–H and O–H groups in total. The zero-order chi connectivity index (χ0) is 14.1. The summed E-state index contributed by atoms with van der Waals surface area (Å²) in [6.45, 7) is 2.14. The molecule has 20 heavy (non-hydrogen) atoms. The van der Waals surface area contributed by atoms with Crippen LogP contribution in [0.3, 0.4) is 0 Å². The lowest BCUT2D eigenvalue weighted by molar-refractivity contribution is 1.02. The number of rotatable bonds is 2. The second-order valence-electron chi connectivity index (χ2n) is 4.65. The van der Waals surface area contributed by atoms with Crippen LogP contribution < -0.4 is 0 Å². The summed E-state index contributed by atoms with van der Waals surface area (Å²) in [5.41, 5.74) is 4.92. The number of aromatic nitrogens is 1. The van der Waals surface area contributed by atoms with Crippen LogP contribution in [0.5, 0.6) is 0 Å². The molecular weight excluding hydrogens is 425 g/mol. The molecule has 0 unspecified atom stereocenters. The van der Waals surface area contributed by atoms with Gasteiger partial charge in [0.1, 0.15) is 0 Å². The van der Waals surface area contributed by atoms with Gasteiger partial charge in [0.2, 0.25) is 0 Å². The largest absolute Gasteiger partial charge is 0.313 e. The van der Waals surface area contributed by atoms with Crippen LogP contribution in [-0.2, 0) is 0 Å². The molecule has 100 valence electrons. The van der Waals surface area contributed by atoms with E-state index in [0.29, 0.717) is 0 Å². The number of hydrogen-bond acceptors (Lipinski definition) is 0. The Morgan fingerprint density at radius 3 is 2.30 bits per heavy atom. The van der Waals surface area contributed by atoms with Gasteiger partial charge in [0.15, 0.2) is 0 Å². The van der Waals surface area contributed by atoms with Crippen molar-refractivity contribution in [1.29, 1.82) is 0 Å². The molecule has 0 aliphatic heterocycles. The molecule has 0 bridgehead atoms. The summed E-state index contributed by atoms with van der Waals surface area (Å²) in [7, 11) is 0. The summed E-state index contributed by atoms with van der Waals surface area (Å²) in [4.78, 5) is 0. The van der Waals surface area contributed by atoms with Gasteiger partial charge in [0.05, 0.1) is 11.4 Å². The van der Waals surface area contributed by atoms with Crippen LogP contribution >= 0.6 is 38.5 Å². The maximum absolute atomic E-state index is 3.49. The van der Waals surface area contributed by atoms with Crippen LogP contribution in [0.1, 0.15) is 5.69 Å². The fraction of sp³-hybridized carbons (Fsp3) is 0.0588. The van der Waals surface area contributed by atoms with Crippen molar-refractivity contribution < 1.29 is 0 Å². The minimum absolute atomic E-state index is 1.10.